The molecule has 0 amide bonds. The van der Waals surface area contributed by atoms with Gasteiger partial charge in [0.2, 0.25) is 0 Å². The summed E-state index contributed by atoms with van der Waals surface area (Å²) in [6.07, 6.45) is -1.58. The van der Waals surface area contributed by atoms with Gasteiger partial charge in [-0.2, -0.15) is 24.9 Å². The zero-order valence-electron chi connectivity index (χ0n) is 11.1. The fraction of sp³-hybridized carbons (Fsp3) is 0.571. The van der Waals surface area contributed by atoms with Crippen molar-refractivity contribution >= 4 is 11.8 Å². The summed E-state index contributed by atoms with van der Waals surface area (Å²) in [4.78, 5) is 0. The van der Waals surface area contributed by atoms with Gasteiger partial charge in [-0.05, 0) is 48.3 Å². The molecule has 3 N–H and O–H groups in total. The quantitative estimate of drug-likeness (QED) is 0.657. The summed E-state index contributed by atoms with van der Waals surface area (Å²) in [6.45, 7) is 0. The average molecular weight is 304 g/mol. The highest BCUT2D eigenvalue weighted by atomic mass is 32.2. The van der Waals surface area contributed by atoms with E-state index in [2.05, 4.69) is 5.43 Å². The van der Waals surface area contributed by atoms with Crippen molar-refractivity contribution in [3.8, 4) is 0 Å². The van der Waals surface area contributed by atoms with Crippen LogP contribution in [-0.2, 0) is 6.18 Å². The molecule has 2 rings (SSSR count). The van der Waals surface area contributed by atoms with Crippen molar-refractivity contribution < 1.29 is 13.2 Å². The van der Waals surface area contributed by atoms with Gasteiger partial charge in [-0.1, -0.05) is 18.2 Å². The van der Waals surface area contributed by atoms with Crippen LogP contribution >= 0.6 is 11.8 Å². The maximum Gasteiger partial charge on any atom is 0.416 e. The topological polar surface area (TPSA) is 38.0 Å². The summed E-state index contributed by atoms with van der Waals surface area (Å²) in [6, 6.07) is 5.24. The highest BCUT2D eigenvalue weighted by molar-refractivity contribution is 7.99. The number of nitrogens with two attached hydrogens (primary N) is 1. The maximum atomic E-state index is 13.1. The lowest BCUT2D eigenvalue weighted by atomic mass is 9.89. The monoisotopic (exact) mass is 304 g/mol. The van der Waals surface area contributed by atoms with E-state index in [-0.39, 0.29) is 5.56 Å². The molecule has 0 aliphatic carbocycles. The Morgan fingerprint density at radius 3 is 2.50 bits per heavy atom. The maximum absolute atomic E-state index is 13.1. The summed E-state index contributed by atoms with van der Waals surface area (Å²) < 4.78 is 39.2. The van der Waals surface area contributed by atoms with Gasteiger partial charge in [0, 0.05) is 6.04 Å². The zero-order chi connectivity index (χ0) is 14.6. The molecule has 1 aromatic carbocycles. The van der Waals surface area contributed by atoms with Crippen molar-refractivity contribution in [2.24, 2.45) is 11.8 Å². The van der Waals surface area contributed by atoms with Gasteiger partial charge in [-0.15, -0.1) is 0 Å². The summed E-state index contributed by atoms with van der Waals surface area (Å²) in [5, 5.41) is 0. The van der Waals surface area contributed by atoms with Gasteiger partial charge < -0.3 is 0 Å². The minimum absolute atomic E-state index is 0.251. The van der Waals surface area contributed by atoms with Crippen LogP contribution in [0.15, 0.2) is 24.3 Å². The van der Waals surface area contributed by atoms with Gasteiger partial charge >= 0.3 is 6.18 Å². The molecule has 1 aliphatic heterocycles. The number of benzene rings is 1. The van der Waals surface area contributed by atoms with Gasteiger partial charge in [0.05, 0.1) is 5.56 Å². The molecule has 1 unspecified atom stereocenters. The van der Waals surface area contributed by atoms with Gasteiger partial charge in [-0.3, -0.25) is 11.3 Å². The van der Waals surface area contributed by atoms with E-state index in [1.807, 2.05) is 11.8 Å². The largest absolute Gasteiger partial charge is 0.416 e. The van der Waals surface area contributed by atoms with E-state index in [9.17, 15) is 13.2 Å². The fourth-order valence-electron chi connectivity index (χ4n) is 2.66. The third-order valence-electron chi connectivity index (χ3n) is 3.75. The lowest BCUT2D eigenvalue weighted by Crippen LogP contribution is -2.32. The Morgan fingerprint density at radius 2 is 1.90 bits per heavy atom. The van der Waals surface area contributed by atoms with Crippen molar-refractivity contribution in [1.29, 1.82) is 0 Å². The van der Waals surface area contributed by atoms with E-state index in [4.69, 9.17) is 5.84 Å². The van der Waals surface area contributed by atoms with E-state index in [0.717, 1.165) is 30.4 Å². The number of nitrogens with one attached hydrogen (secondary N) is 1. The SMILES string of the molecule is NNC(CC1CCSCC1)c1ccccc1C(F)(F)F. The summed E-state index contributed by atoms with van der Waals surface area (Å²) >= 11 is 1.90. The smallest absolute Gasteiger partial charge is 0.271 e. The van der Waals surface area contributed by atoms with Crippen molar-refractivity contribution in [3.05, 3.63) is 35.4 Å². The predicted octanol–water partition coefficient (Wildman–Crippen LogP) is 3.74. The van der Waals surface area contributed by atoms with Crippen molar-refractivity contribution in [2.45, 2.75) is 31.5 Å². The molecular formula is C14H19F3N2S. The molecule has 2 nitrogen and oxygen atoms in total. The molecule has 1 saturated heterocycles. The number of hydrazine groups is 1. The van der Waals surface area contributed by atoms with Crippen LogP contribution in [0.3, 0.4) is 0 Å². The summed E-state index contributed by atoms with van der Waals surface area (Å²) in [5.74, 6) is 8.13. The zero-order valence-corrected chi connectivity index (χ0v) is 11.9. The standard InChI is InChI=1S/C14H19F3N2S/c15-14(16,17)12-4-2-1-3-11(12)13(19-18)9-10-5-7-20-8-6-10/h1-4,10,13,19H,5-9,18H2. The highest BCUT2D eigenvalue weighted by Crippen LogP contribution is 2.37. The molecule has 112 valence electrons. The Balaban J connectivity index is 2.18. The van der Waals surface area contributed by atoms with Crippen LogP contribution in [0, 0.1) is 5.92 Å². The lowest BCUT2D eigenvalue weighted by Gasteiger charge is -2.27. The molecular weight excluding hydrogens is 285 g/mol. The first-order valence-electron chi connectivity index (χ1n) is 6.72. The Hall–Kier alpha value is -0.720. The second-order valence-corrected chi connectivity index (χ2v) is 6.32. The number of hydrogen-bond acceptors (Lipinski definition) is 3. The number of rotatable bonds is 4. The third-order valence-corrected chi connectivity index (χ3v) is 4.80. The van der Waals surface area contributed by atoms with E-state index in [0.29, 0.717) is 12.3 Å². The van der Waals surface area contributed by atoms with Crippen LogP contribution in [0.25, 0.3) is 0 Å². The van der Waals surface area contributed by atoms with Crippen LogP contribution in [0.1, 0.15) is 36.4 Å². The van der Waals surface area contributed by atoms with Gasteiger partial charge in [0.15, 0.2) is 0 Å². The fourth-order valence-corrected chi connectivity index (χ4v) is 3.86. The molecule has 1 fully saturated rings. The molecule has 20 heavy (non-hydrogen) atoms. The van der Waals surface area contributed by atoms with Gasteiger partial charge in [-0.25, -0.2) is 0 Å². The van der Waals surface area contributed by atoms with E-state index >= 15 is 0 Å². The van der Waals surface area contributed by atoms with E-state index < -0.39 is 17.8 Å². The Kier molecular flexibility index (Phi) is 5.35. The minimum atomic E-state index is -4.34. The van der Waals surface area contributed by atoms with Crippen molar-refractivity contribution in [2.75, 3.05) is 11.5 Å². The molecule has 6 heteroatoms. The molecule has 1 aliphatic rings. The van der Waals surface area contributed by atoms with Gasteiger partial charge in [0.25, 0.3) is 0 Å². The van der Waals surface area contributed by atoms with Crippen molar-refractivity contribution in [1.82, 2.24) is 5.43 Å². The molecule has 1 aromatic rings. The highest BCUT2D eigenvalue weighted by Gasteiger charge is 2.35. The number of thioether (sulfide) groups is 1. The first-order valence-corrected chi connectivity index (χ1v) is 7.88. The van der Waals surface area contributed by atoms with Crippen LogP contribution in [-0.4, -0.2) is 11.5 Å². The molecule has 1 heterocycles. The van der Waals surface area contributed by atoms with Crippen LogP contribution in [0.4, 0.5) is 13.2 Å². The van der Waals surface area contributed by atoms with Crippen LogP contribution < -0.4 is 11.3 Å². The Labute approximate surface area is 121 Å². The molecule has 0 radical (unpaired) electrons. The number of alkyl halides is 3. The molecule has 0 spiro atoms. The van der Waals surface area contributed by atoms with E-state index in [1.54, 1.807) is 6.07 Å². The summed E-state index contributed by atoms with van der Waals surface area (Å²) in [5.41, 5.74) is 2.23. The predicted molar refractivity (Wildman–Crippen MR) is 76.2 cm³/mol. The molecule has 0 saturated carbocycles. The minimum Gasteiger partial charge on any atom is -0.271 e. The number of halogens is 3. The molecule has 0 aromatic heterocycles. The first kappa shape index (κ1) is 15.7. The van der Waals surface area contributed by atoms with Crippen LogP contribution in [0.5, 0.6) is 0 Å². The third kappa shape index (κ3) is 3.90. The Morgan fingerprint density at radius 1 is 1.25 bits per heavy atom. The normalized spacial score (nSPS) is 19.0. The molecule has 1 atom stereocenters. The molecule has 0 bridgehead atoms. The second kappa shape index (κ2) is 6.83. The van der Waals surface area contributed by atoms with Crippen LogP contribution in [0.2, 0.25) is 0 Å². The first-order chi connectivity index (χ1) is 9.52. The second-order valence-electron chi connectivity index (χ2n) is 5.10. The summed E-state index contributed by atoms with van der Waals surface area (Å²) in [7, 11) is 0. The lowest BCUT2D eigenvalue weighted by molar-refractivity contribution is -0.138. The average Bonchev–Trinajstić information content (AvgIpc) is 2.45. The Bertz CT molecular complexity index is 431. The van der Waals surface area contributed by atoms with Crippen molar-refractivity contribution in [3.63, 3.8) is 0 Å². The number of hydrogen-bond donors (Lipinski definition) is 2. The van der Waals surface area contributed by atoms with E-state index in [1.165, 1.54) is 12.1 Å². The van der Waals surface area contributed by atoms with Gasteiger partial charge in [0.1, 0.15) is 0 Å².